The highest BCUT2D eigenvalue weighted by Gasteiger charge is 2.36. The molecule has 8 rings (SSSR count). The van der Waals surface area contributed by atoms with Gasteiger partial charge in [-0.3, -0.25) is 42.9 Å². The number of hydrogen-bond donors (Lipinski definition) is 7. The van der Waals surface area contributed by atoms with Gasteiger partial charge in [-0.05, 0) is 126 Å². The highest BCUT2D eigenvalue weighted by atomic mass is 35.5. The van der Waals surface area contributed by atoms with Crippen LogP contribution in [-0.2, 0) is 45.4 Å². The van der Waals surface area contributed by atoms with Crippen molar-refractivity contribution in [2.45, 2.75) is 117 Å². The monoisotopic (exact) mass is 1170 g/mol. The Morgan fingerprint density at radius 1 is 0.695 bits per heavy atom. The lowest BCUT2D eigenvalue weighted by Crippen LogP contribution is -2.43. The van der Waals surface area contributed by atoms with Gasteiger partial charge in [0.25, 0.3) is 11.8 Å². The summed E-state index contributed by atoms with van der Waals surface area (Å²) in [4.78, 5) is 105. The van der Waals surface area contributed by atoms with Crippen LogP contribution in [0.4, 0.5) is 19.3 Å². The summed E-state index contributed by atoms with van der Waals surface area (Å²) in [6, 6.07) is 17.3. The summed E-state index contributed by atoms with van der Waals surface area (Å²) in [7, 11) is 0. The van der Waals surface area contributed by atoms with Crippen molar-refractivity contribution in [3.63, 3.8) is 0 Å². The Morgan fingerprint density at radius 3 is 1.52 bits per heavy atom. The third kappa shape index (κ3) is 17.6. The Labute approximate surface area is 479 Å². The molecule has 2 saturated carbocycles. The molecule has 82 heavy (non-hydrogen) atoms. The number of halogens is 4. The maximum atomic E-state index is 14.1. The second-order valence-corrected chi connectivity index (χ2v) is 22.2. The minimum absolute atomic E-state index is 0. The van der Waals surface area contributed by atoms with Crippen LogP contribution in [0, 0.1) is 11.6 Å². The number of hydrogen-bond acceptors (Lipinski definition) is 11. The minimum atomic E-state index is -0.878. The highest BCUT2D eigenvalue weighted by molar-refractivity contribution is 6.31. The van der Waals surface area contributed by atoms with Crippen molar-refractivity contribution in [2.24, 2.45) is 22.3 Å². The molecule has 4 aromatic carbocycles. The smallest absolute Gasteiger partial charge is 0.319 e. The molecule has 24 nitrogen and oxygen atoms in total. The first-order valence-corrected chi connectivity index (χ1v) is 26.3. The fourth-order valence-corrected chi connectivity index (χ4v) is 8.39. The molecule has 2 fully saturated rings. The molecule has 0 unspecified atom stereocenters. The van der Waals surface area contributed by atoms with Crippen LogP contribution < -0.4 is 38.5 Å². The van der Waals surface area contributed by atoms with Gasteiger partial charge in [0.2, 0.25) is 29.5 Å². The van der Waals surface area contributed by atoms with E-state index in [1.807, 2.05) is 41.5 Å². The van der Waals surface area contributed by atoms with Gasteiger partial charge < -0.3 is 48.3 Å². The Hall–Kier alpha value is -8.71. The van der Waals surface area contributed by atoms with E-state index in [-0.39, 0.29) is 106 Å². The largest absolute Gasteiger partial charge is 0.364 e. The molecule has 0 atom stereocenters. The van der Waals surface area contributed by atoms with E-state index in [1.165, 1.54) is 61.6 Å². The van der Waals surface area contributed by atoms with Crippen LogP contribution in [0.25, 0.3) is 32.2 Å². The van der Waals surface area contributed by atoms with Gasteiger partial charge in [0.1, 0.15) is 24.7 Å². The van der Waals surface area contributed by atoms with Crippen LogP contribution in [0.1, 0.15) is 110 Å². The lowest BCUT2D eigenvalue weighted by molar-refractivity contribution is -0.137. The summed E-state index contributed by atoms with van der Waals surface area (Å²) in [5.41, 5.74) is 25.8. The third-order valence-electron chi connectivity index (χ3n) is 11.9. The van der Waals surface area contributed by atoms with E-state index in [0.29, 0.717) is 22.1 Å². The predicted octanol–water partition coefficient (Wildman–Crippen LogP) is 6.58. The van der Waals surface area contributed by atoms with E-state index in [4.69, 9.17) is 45.9 Å². The van der Waals surface area contributed by atoms with Gasteiger partial charge in [-0.1, -0.05) is 47.5 Å². The highest BCUT2D eigenvalue weighted by Crippen LogP contribution is 2.30. The zero-order valence-electron chi connectivity index (χ0n) is 45.7. The summed E-state index contributed by atoms with van der Waals surface area (Å²) in [5.74, 6) is -5.50. The summed E-state index contributed by atoms with van der Waals surface area (Å²) < 4.78 is 30.8. The van der Waals surface area contributed by atoms with Crippen molar-refractivity contribution in [3.05, 3.63) is 133 Å². The van der Waals surface area contributed by atoms with E-state index in [1.54, 1.807) is 30.3 Å². The van der Waals surface area contributed by atoms with Crippen LogP contribution in [-0.4, -0.2) is 113 Å². The lowest BCUT2D eigenvalue weighted by atomic mass is 10.1. The van der Waals surface area contributed by atoms with Gasteiger partial charge in [0.05, 0.1) is 34.2 Å². The number of anilines is 1. The lowest BCUT2D eigenvalue weighted by Gasteiger charge is -2.22. The first-order valence-electron chi connectivity index (χ1n) is 25.6. The summed E-state index contributed by atoms with van der Waals surface area (Å²) >= 11 is 11.6. The van der Waals surface area contributed by atoms with Crippen molar-refractivity contribution in [1.82, 2.24) is 45.3 Å². The van der Waals surface area contributed by atoms with Gasteiger partial charge in [-0.2, -0.15) is 10.2 Å². The number of azide groups is 1. The van der Waals surface area contributed by atoms with Crippen LogP contribution in [0.3, 0.4) is 0 Å². The predicted molar refractivity (Wildman–Crippen MR) is 302 cm³/mol. The van der Waals surface area contributed by atoms with Gasteiger partial charge in [0, 0.05) is 74.3 Å². The van der Waals surface area contributed by atoms with Crippen molar-refractivity contribution in [3.8, 4) is 0 Å². The van der Waals surface area contributed by atoms with Crippen molar-refractivity contribution >= 4 is 98.1 Å². The maximum absolute atomic E-state index is 14.1. The fraction of sp³-hybridized carbons (Fsp3) is 0.370. The minimum Gasteiger partial charge on any atom is -0.364 e. The zero-order chi connectivity index (χ0) is 60.4. The number of fused-ring (bicyclic) bond motifs is 2. The van der Waals surface area contributed by atoms with Gasteiger partial charge in [-0.25, -0.2) is 13.6 Å². The molecular formula is C54H62Cl2F2N16O8. The summed E-state index contributed by atoms with van der Waals surface area (Å²) in [5, 5.41) is 22.6. The number of amides is 9. The van der Waals surface area contributed by atoms with Gasteiger partial charge >= 0.3 is 6.03 Å². The van der Waals surface area contributed by atoms with Gasteiger partial charge in [-0.15, -0.1) is 0 Å². The molecule has 2 aliphatic rings. The number of aromatic nitrogens is 4. The Bertz CT molecular complexity index is 3500. The Kier molecular flexibility index (Phi) is 20.4. The Balaban J connectivity index is 0.000000244. The molecular weight excluding hydrogens is 1110 g/mol. The molecule has 9 amide bonds. The number of carbonyl (C=O) groups excluding carboxylic acids is 8. The molecule has 434 valence electrons. The number of primary amides is 2. The average Bonchev–Trinajstić information content (AvgIpc) is 4.52. The van der Waals surface area contributed by atoms with Crippen LogP contribution in [0.15, 0.2) is 77.9 Å². The second kappa shape index (κ2) is 26.7. The van der Waals surface area contributed by atoms with Crippen LogP contribution in [0.5, 0.6) is 0 Å². The zero-order valence-corrected chi connectivity index (χ0v) is 47.2. The summed E-state index contributed by atoms with van der Waals surface area (Å²) in [6.45, 7) is 10.2. The van der Waals surface area contributed by atoms with E-state index < -0.39 is 58.6 Å². The molecule has 0 spiro atoms. The topological polar surface area (TPSA) is 354 Å². The van der Waals surface area contributed by atoms with Crippen molar-refractivity contribution < 1.29 is 47.1 Å². The molecule has 2 heterocycles. The van der Waals surface area contributed by atoms with Crippen LogP contribution in [0.2, 0.25) is 10.0 Å². The molecule has 0 bridgehead atoms. The molecule has 10 N–H and O–H groups in total. The molecule has 2 aromatic heterocycles. The number of rotatable bonds is 18. The molecule has 0 aliphatic heterocycles. The SMILES string of the molecule is CC(C)(C)N.CC(C)(C)NC(=O)Nc1ccc2c(c1)c(C(N)=O)nn2CC(=O)N(CC(=O)NCc1cccc(Cl)c1F)C1CC1.[N-]=[N+]=NC(=O)c1ccc2c(c1)c(C(N)=O)nn2CC(=O)N(CC(=O)NCc1cccc(Cl)c1F)C1CC1. The number of carbonyl (C=O) groups is 8. The van der Waals surface area contributed by atoms with E-state index in [0.717, 1.165) is 25.7 Å². The van der Waals surface area contributed by atoms with Gasteiger partial charge in [0.15, 0.2) is 11.4 Å². The number of urea groups is 1. The quantitative estimate of drug-likeness (QED) is 0.0274. The number of nitrogens with two attached hydrogens (primary N) is 3. The summed E-state index contributed by atoms with van der Waals surface area (Å²) in [6.07, 6.45) is 2.94. The first kappa shape index (κ1) is 62.5. The molecule has 28 heteroatoms. The number of benzene rings is 4. The third-order valence-corrected chi connectivity index (χ3v) is 12.5. The molecule has 6 aromatic rings. The fourth-order valence-electron chi connectivity index (χ4n) is 8.01. The standard InChI is InChI=1S/C27H31ClFN7O4.C23H20ClFN8O4.C4H11N/c1-27(2,3)33-26(40)32-16-7-10-20-18(11-16)24(25(30)39)34-36(20)14-22(38)35(17-8-9-17)13-21(37)31-12-15-5-4-6-19(28)23(15)29;24-16-3-1-2-13(20(16)25)9-28-18(34)10-32(14-5-6-14)19(35)11-33-17-7-4-12(23(37)29-31-27)8-15(17)21(30-33)22(26)36;1-4(2,3)5/h4-7,10-11,17H,8-9,12-14H2,1-3H3,(H2,30,39)(H,31,37)(H2,32,33,40);1-4,7-8,14H,5-6,9-11H2,(H2,26,36)(H,28,34);5H2,1-3H3. The van der Waals surface area contributed by atoms with Crippen molar-refractivity contribution in [1.29, 1.82) is 0 Å². The average molecular weight is 1170 g/mol. The van der Waals surface area contributed by atoms with E-state index in [2.05, 4.69) is 41.5 Å². The maximum Gasteiger partial charge on any atom is 0.319 e. The van der Waals surface area contributed by atoms with Crippen molar-refractivity contribution in [2.75, 3.05) is 18.4 Å². The second-order valence-electron chi connectivity index (χ2n) is 21.4. The normalized spacial score (nSPS) is 12.8. The van der Waals surface area contributed by atoms with Crippen LogP contribution >= 0.6 is 23.2 Å². The molecule has 0 saturated heterocycles. The van der Waals surface area contributed by atoms with E-state index >= 15 is 0 Å². The van der Waals surface area contributed by atoms with E-state index in [9.17, 15) is 47.1 Å². The first-order chi connectivity index (χ1) is 38.5. The number of nitrogens with one attached hydrogen (secondary N) is 4. The molecule has 0 radical (unpaired) electrons. The molecule has 2 aliphatic carbocycles. The Morgan fingerprint density at radius 2 is 1.12 bits per heavy atom. The number of nitrogens with zero attached hydrogens (tertiary/aromatic N) is 9.